The second kappa shape index (κ2) is 8.06. The smallest absolute Gasteiger partial charge is 0.229 e. The highest BCUT2D eigenvalue weighted by atomic mass is 35.5. The van der Waals surface area contributed by atoms with Crippen molar-refractivity contribution in [3.8, 4) is 5.75 Å². The van der Waals surface area contributed by atoms with Crippen molar-refractivity contribution < 1.29 is 4.74 Å². The third-order valence-electron chi connectivity index (χ3n) is 3.76. The first kappa shape index (κ1) is 18.0. The van der Waals surface area contributed by atoms with Crippen molar-refractivity contribution in [1.82, 2.24) is 9.97 Å². The molecule has 0 saturated heterocycles. The number of anilines is 4. The van der Waals surface area contributed by atoms with Crippen LogP contribution in [0.5, 0.6) is 5.75 Å². The van der Waals surface area contributed by atoms with Crippen LogP contribution >= 0.6 is 11.6 Å². The van der Waals surface area contributed by atoms with Gasteiger partial charge in [0.1, 0.15) is 11.6 Å². The van der Waals surface area contributed by atoms with E-state index in [1.54, 1.807) is 6.20 Å². The van der Waals surface area contributed by atoms with Crippen LogP contribution < -0.4 is 15.4 Å². The SMILES string of the molecule is CCOc1ccc(Nc2ccnc(Nc3c(C)cc(C)cc3Cl)n2)cc1. The van der Waals surface area contributed by atoms with Crippen LogP contribution in [-0.2, 0) is 0 Å². The lowest BCUT2D eigenvalue weighted by Crippen LogP contribution is -2.02. The fourth-order valence-corrected chi connectivity index (χ4v) is 2.99. The van der Waals surface area contributed by atoms with Gasteiger partial charge in [-0.3, -0.25) is 0 Å². The average molecular weight is 369 g/mol. The Kier molecular flexibility index (Phi) is 5.58. The van der Waals surface area contributed by atoms with Crippen molar-refractivity contribution in [2.45, 2.75) is 20.8 Å². The molecule has 1 heterocycles. The van der Waals surface area contributed by atoms with Crippen LogP contribution in [0.25, 0.3) is 0 Å². The highest BCUT2D eigenvalue weighted by molar-refractivity contribution is 6.33. The Morgan fingerprint density at radius 1 is 1.04 bits per heavy atom. The van der Waals surface area contributed by atoms with Crippen LogP contribution in [-0.4, -0.2) is 16.6 Å². The van der Waals surface area contributed by atoms with E-state index in [-0.39, 0.29) is 0 Å². The molecular weight excluding hydrogens is 348 g/mol. The first-order chi connectivity index (χ1) is 12.5. The molecule has 6 heteroatoms. The van der Waals surface area contributed by atoms with Crippen LogP contribution in [0.4, 0.5) is 23.1 Å². The second-order valence-corrected chi connectivity index (χ2v) is 6.32. The van der Waals surface area contributed by atoms with E-state index in [1.807, 2.05) is 57.2 Å². The quantitative estimate of drug-likeness (QED) is 0.590. The van der Waals surface area contributed by atoms with Gasteiger partial charge >= 0.3 is 0 Å². The zero-order chi connectivity index (χ0) is 18.5. The highest BCUT2D eigenvalue weighted by Crippen LogP contribution is 2.29. The molecule has 2 aromatic carbocycles. The molecule has 134 valence electrons. The van der Waals surface area contributed by atoms with Gasteiger partial charge < -0.3 is 15.4 Å². The maximum absolute atomic E-state index is 6.35. The normalized spacial score (nSPS) is 10.5. The van der Waals surface area contributed by atoms with Crippen LogP contribution in [0, 0.1) is 13.8 Å². The number of nitrogens with one attached hydrogen (secondary N) is 2. The molecule has 0 spiro atoms. The number of halogens is 1. The molecule has 0 aliphatic rings. The molecule has 0 fully saturated rings. The maximum atomic E-state index is 6.35. The Hall–Kier alpha value is -2.79. The Morgan fingerprint density at radius 2 is 1.81 bits per heavy atom. The Labute approximate surface area is 158 Å². The molecule has 0 unspecified atom stereocenters. The zero-order valence-corrected chi connectivity index (χ0v) is 15.8. The molecule has 0 aliphatic heterocycles. The van der Waals surface area contributed by atoms with Gasteiger partial charge in [-0.05, 0) is 68.3 Å². The van der Waals surface area contributed by atoms with Gasteiger partial charge in [-0.25, -0.2) is 4.98 Å². The molecule has 0 saturated carbocycles. The minimum Gasteiger partial charge on any atom is -0.494 e. The van der Waals surface area contributed by atoms with Crippen LogP contribution in [0.1, 0.15) is 18.1 Å². The largest absolute Gasteiger partial charge is 0.494 e. The molecule has 5 nitrogen and oxygen atoms in total. The van der Waals surface area contributed by atoms with Gasteiger partial charge in [0.15, 0.2) is 0 Å². The van der Waals surface area contributed by atoms with Crippen LogP contribution in [0.15, 0.2) is 48.7 Å². The monoisotopic (exact) mass is 368 g/mol. The van der Waals surface area contributed by atoms with Gasteiger partial charge in [0.2, 0.25) is 5.95 Å². The number of hydrogen-bond donors (Lipinski definition) is 2. The summed E-state index contributed by atoms with van der Waals surface area (Å²) in [4.78, 5) is 8.78. The lowest BCUT2D eigenvalue weighted by atomic mass is 10.1. The average Bonchev–Trinajstić information content (AvgIpc) is 2.60. The van der Waals surface area contributed by atoms with Crippen LogP contribution in [0.3, 0.4) is 0 Å². The lowest BCUT2D eigenvalue weighted by molar-refractivity contribution is 0.340. The summed E-state index contributed by atoms with van der Waals surface area (Å²) < 4.78 is 5.45. The molecule has 0 atom stereocenters. The predicted molar refractivity (Wildman–Crippen MR) is 107 cm³/mol. The molecule has 3 rings (SSSR count). The van der Waals surface area contributed by atoms with Crippen molar-refractivity contribution in [3.63, 3.8) is 0 Å². The number of aromatic nitrogens is 2. The van der Waals surface area contributed by atoms with Crippen LogP contribution in [0.2, 0.25) is 5.02 Å². The van der Waals surface area contributed by atoms with Gasteiger partial charge in [0.25, 0.3) is 0 Å². The minimum absolute atomic E-state index is 0.481. The third-order valence-corrected chi connectivity index (χ3v) is 4.06. The summed E-state index contributed by atoms with van der Waals surface area (Å²) in [6, 6.07) is 13.5. The van der Waals surface area contributed by atoms with E-state index < -0.39 is 0 Å². The van der Waals surface area contributed by atoms with Crippen molar-refractivity contribution in [3.05, 3.63) is 64.8 Å². The molecular formula is C20H21ClN4O. The fraction of sp³-hybridized carbons (Fsp3) is 0.200. The van der Waals surface area contributed by atoms with E-state index >= 15 is 0 Å². The number of benzene rings is 2. The van der Waals surface area contributed by atoms with Gasteiger partial charge in [0, 0.05) is 11.9 Å². The topological polar surface area (TPSA) is 59.1 Å². The second-order valence-electron chi connectivity index (χ2n) is 5.91. The Bertz CT molecular complexity index is 874. The first-order valence-corrected chi connectivity index (χ1v) is 8.79. The van der Waals surface area contributed by atoms with Crippen molar-refractivity contribution >= 4 is 34.7 Å². The van der Waals surface area contributed by atoms with Gasteiger partial charge in [-0.15, -0.1) is 0 Å². The van der Waals surface area contributed by atoms with E-state index in [1.165, 1.54) is 0 Å². The predicted octanol–water partition coefficient (Wildman–Crippen LogP) is 5.63. The number of aryl methyl sites for hydroxylation is 2. The van der Waals surface area contributed by atoms with E-state index in [0.29, 0.717) is 23.4 Å². The standard InChI is InChI=1S/C20H21ClN4O/c1-4-26-16-7-5-15(6-8-16)23-18-9-10-22-20(24-18)25-19-14(3)11-13(2)12-17(19)21/h5-12H,4H2,1-3H3,(H2,22,23,24,25). The van der Waals surface area contributed by atoms with E-state index in [4.69, 9.17) is 16.3 Å². The van der Waals surface area contributed by atoms with Gasteiger partial charge in [0.05, 0.1) is 17.3 Å². The van der Waals surface area contributed by atoms with Gasteiger partial charge in [-0.1, -0.05) is 17.7 Å². The zero-order valence-electron chi connectivity index (χ0n) is 15.0. The summed E-state index contributed by atoms with van der Waals surface area (Å²) in [6.07, 6.45) is 1.70. The molecule has 2 N–H and O–H groups in total. The molecule has 0 radical (unpaired) electrons. The van der Waals surface area contributed by atoms with Crippen molar-refractivity contribution in [1.29, 1.82) is 0 Å². The van der Waals surface area contributed by atoms with Crippen molar-refractivity contribution in [2.24, 2.45) is 0 Å². The molecule has 26 heavy (non-hydrogen) atoms. The highest BCUT2D eigenvalue weighted by Gasteiger charge is 2.08. The summed E-state index contributed by atoms with van der Waals surface area (Å²) in [5.74, 6) is 2.01. The molecule has 1 aromatic heterocycles. The first-order valence-electron chi connectivity index (χ1n) is 8.42. The maximum Gasteiger partial charge on any atom is 0.229 e. The van der Waals surface area contributed by atoms with E-state index in [0.717, 1.165) is 28.3 Å². The molecule has 0 amide bonds. The van der Waals surface area contributed by atoms with E-state index in [2.05, 4.69) is 26.7 Å². The number of rotatable bonds is 6. The number of ether oxygens (including phenoxy) is 1. The van der Waals surface area contributed by atoms with Gasteiger partial charge in [-0.2, -0.15) is 4.98 Å². The molecule has 0 bridgehead atoms. The van der Waals surface area contributed by atoms with E-state index in [9.17, 15) is 0 Å². The Balaban J connectivity index is 1.76. The summed E-state index contributed by atoms with van der Waals surface area (Å²) in [5.41, 5.74) is 3.89. The summed E-state index contributed by atoms with van der Waals surface area (Å²) in [5, 5.41) is 7.11. The molecule has 0 aliphatic carbocycles. The summed E-state index contributed by atoms with van der Waals surface area (Å²) >= 11 is 6.35. The minimum atomic E-state index is 0.481. The lowest BCUT2D eigenvalue weighted by Gasteiger charge is -2.12. The summed E-state index contributed by atoms with van der Waals surface area (Å²) in [7, 11) is 0. The number of nitrogens with zero attached hydrogens (tertiary/aromatic N) is 2. The fourth-order valence-electron chi connectivity index (χ4n) is 2.62. The third kappa shape index (κ3) is 4.43. The summed E-state index contributed by atoms with van der Waals surface area (Å²) in [6.45, 7) is 6.63. The molecule has 3 aromatic rings. The number of hydrogen-bond acceptors (Lipinski definition) is 5. The van der Waals surface area contributed by atoms with Crippen molar-refractivity contribution in [2.75, 3.05) is 17.2 Å². The Morgan fingerprint density at radius 3 is 2.50 bits per heavy atom.